The van der Waals surface area contributed by atoms with E-state index in [-0.39, 0.29) is 11.7 Å². The summed E-state index contributed by atoms with van der Waals surface area (Å²) in [5, 5.41) is 12.2. The lowest BCUT2D eigenvalue weighted by atomic mass is 10.1. The van der Waals surface area contributed by atoms with Gasteiger partial charge in [0.25, 0.3) is 0 Å². The highest BCUT2D eigenvalue weighted by molar-refractivity contribution is 7.99. The zero-order valence-electron chi connectivity index (χ0n) is 16.3. The molecule has 0 spiro atoms. The molecule has 1 amide bonds. The van der Waals surface area contributed by atoms with E-state index in [9.17, 15) is 4.79 Å². The van der Waals surface area contributed by atoms with Crippen molar-refractivity contribution in [3.63, 3.8) is 0 Å². The van der Waals surface area contributed by atoms with Crippen molar-refractivity contribution in [2.24, 2.45) is 0 Å². The number of aromatic nitrogens is 3. The van der Waals surface area contributed by atoms with Crippen LogP contribution in [-0.2, 0) is 17.8 Å². The minimum atomic E-state index is -0.0640. The molecule has 0 saturated carbocycles. The smallest absolute Gasteiger partial charge is 0.234 e. The first kappa shape index (κ1) is 19.9. The zero-order valence-corrected chi connectivity index (χ0v) is 17.1. The Hall–Kier alpha value is -2.80. The van der Waals surface area contributed by atoms with Gasteiger partial charge >= 0.3 is 0 Å². The molecule has 0 unspecified atom stereocenters. The molecule has 0 radical (unpaired) electrons. The van der Waals surface area contributed by atoms with E-state index in [1.165, 1.54) is 17.3 Å². The Bertz CT molecular complexity index is 921. The molecule has 3 rings (SSSR count). The molecule has 7 heteroatoms. The SMILES string of the molecule is CCc1ccc(NC(=O)CSc2nnc(-c3ccc(OC)cc3)n2CC)cc1. The molecule has 3 aromatic rings. The van der Waals surface area contributed by atoms with E-state index in [1.54, 1.807) is 7.11 Å². The predicted molar refractivity (Wildman–Crippen MR) is 113 cm³/mol. The van der Waals surface area contributed by atoms with Crippen molar-refractivity contribution < 1.29 is 9.53 Å². The molecule has 146 valence electrons. The number of carbonyl (C=O) groups excluding carboxylic acids is 1. The summed E-state index contributed by atoms with van der Waals surface area (Å²) in [6.07, 6.45) is 0.979. The first-order valence-corrected chi connectivity index (χ1v) is 10.2. The molecule has 0 saturated heterocycles. The van der Waals surface area contributed by atoms with E-state index in [1.807, 2.05) is 60.0 Å². The summed E-state index contributed by atoms with van der Waals surface area (Å²) in [7, 11) is 1.64. The van der Waals surface area contributed by atoms with Gasteiger partial charge in [-0.25, -0.2) is 0 Å². The third-order valence-corrected chi connectivity index (χ3v) is 5.33. The Morgan fingerprint density at radius 2 is 1.79 bits per heavy atom. The fourth-order valence-electron chi connectivity index (χ4n) is 2.79. The first-order chi connectivity index (χ1) is 13.6. The van der Waals surface area contributed by atoms with E-state index in [2.05, 4.69) is 22.4 Å². The maximum absolute atomic E-state index is 12.3. The van der Waals surface area contributed by atoms with E-state index in [0.29, 0.717) is 0 Å². The highest BCUT2D eigenvalue weighted by Crippen LogP contribution is 2.25. The molecular weight excluding hydrogens is 372 g/mol. The Morgan fingerprint density at radius 3 is 2.39 bits per heavy atom. The van der Waals surface area contributed by atoms with Gasteiger partial charge in [-0.2, -0.15) is 0 Å². The Kier molecular flexibility index (Phi) is 6.71. The fourth-order valence-corrected chi connectivity index (χ4v) is 3.59. The number of ether oxygens (including phenoxy) is 1. The quantitative estimate of drug-likeness (QED) is 0.576. The van der Waals surface area contributed by atoms with Gasteiger partial charge in [0, 0.05) is 17.8 Å². The van der Waals surface area contributed by atoms with Gasteiger partial charge < -0.3 is 14.6 Å². The summed E-state index contributed by atoms with van der Waals surface area (Å²) >= 11 is 1.38. The number of hydrogen-bond acceptors (Lipinski definition) is 5. The van der Waals surface area contributed by atoms with Crippen LogP contribution in [-0.4, -0.2) is 33.5 Å². The van der Waals surface area contributed by atoms with Gasteiger partial charge in [0.15, 0.2) is 11.0 Å². The topological polar surface area (TPSA) is 69.0 Å². The number of aryl methyl sites for hydroxylation is 1. The van der Waals surface area contributed by atoms with Crippen LogP contribution in [0.25, 0.3) is 11.4 Å². The molecule has 0 bridgehead atoms. The number of carbonyl (C=O) groups is 1. The summed E-state index contributed by atoms with van der Waals surface area (Å²) in [5.41, 5.74) is 3.01. The second-order valence-electron chi connectivity index (χ2n) is 6.17. The third kappa shape index (κ3) is 4.72. The summed E-state index contributed by atoms with van der Waals surface area (Å²) in [6.45, 7) is 4.86. The number of thioether (sulfide) groups is 1. The average molecular weight is 397 g/mol. The third-order valence-electron chi connectivity index (χ3n) is 4.36. The molecule has 0 aliphatic carbocycles. The molecule has 0 atom stereocenters. The Morgan fingerprint density at radius 1 is 1.07 bits per heavy atom. The number of hydrogen-bond donors (Lipinski definition) is 1. The van der Waals surface area contributed by atoms with Crippen molar-refractivity contribution in [3.05, 3.63) is 54.1 Å². The predicted octanol–water partition coefficient (Wildman–Crippen LogP) is 4.27. The zero-order chi connectivity index (χ0) is 19.9. The maximum Gasteiger partial charge on any atom is 0.234 e. The minimum Gasteiger partial charge on any atom is -0.497 e. The molecule has 0 aliphatic rings. The van der Waals surface area contributed by atoms with Crippen LogP contribution in [0.15, 0.2) is 53.7 Å². The molecule has 1 N–H and O–H groups in total. The monoisotopic (exact) mass is 396 g/mol. The molecule has 0 aliphatic heterocycles. The van der Waals surface area contributed by atoms with Gasteiger partial charge in [0.05, 0.1) is 12.9 Å². The standard InChI is InChI=1S/C21H24N4O2S/c1-4-15-6-10-17(11-7-15)22-19(26)14-28-21-24-23-20(25(21)5-2)16-8-12-18(27-3)13-9-16/h6-13H,4-5,14H2,1-3H3,(H,22,26). The van der Waals surface area contributed by atoms with E-state index in [0.717, 1.165) is 40.9 Å². The largest absolute Gasteiger partial charge is 0.497 e. The van der Waals surface area contributed by atoms with Crippen LogP contribution >= 0.6 is 11.8 Å². The van der Waals surface area contributed by atoms with Crippen LogP contribution in [0, 0.1) is 0 Å². The lowest BCUT2D eigenvalue weighted by Crippen LogP contribution is -2.14. The lowest BCUT2D eigenvalue weighted by molar-refractivity contribution is -0.113. The Balaban J connectivity index is 1.65. The molecule has 1 heterocycles. The van der Waals surface area contributed by atoms with E-state index >= 15 is 0 Å². The number of amides is 1. The molecule has 1 aromatic heterocycles. The summed E-state index contributed by atoms with van der Waals surface area (Å²) in [4.78, 5) is 12.3. The van der Waals surface area contributed by atoms with Crippen LogP contribution in [0.4, 0.5) is 5.69 Å². The lowest BCUT2D eigenvalue weighted by Gasteiger charge is -2.08. The highest BCUT2D eigenvalue weighted by Gasteiger charge is 2.15. The van der Waals surface area contributed by atoms with Crippen molar-refractivity contribution in [3.8, 4) is 17.1 Å². The first-order valence-electron chi connectivity index (χ1n) is 9.23. The minimum absolute atomic E-state index is 0.0640. The van der Waals surface area contributed by atoms with Crippen molar-refractivity contribution in [2.45, 2.75) is 32.0 Å². The van der Waals surface area contributed by atoms with Gasteiger partial charge in [0.1, 0.15) is 5.75 Å². The number of rotatable bonds is 8. The second kappa shape index (κ2) is 9.41. The van der Waals surface area contributed by atoms with Crippen LogP contribution < -0.4 is 10.1 Å². The van der Waals surface area contributed by atoms with Gasteiger partial charge in [0.2, 0.25) is 5.91 Å². The van der Waals surface area contributed by atoms with Gasteiger partial charge in [-0.3, -0.25) is 4.79 Å². The normalized spacial score (nSPS) is 10.7. The highest BCUT2D eigenvalue weighted by atomic mass is 32.2. The molecule has 2 aromatic carbocycles. The fraction of sp³-hybridized carbons (Fsp3) is 0.286. The second-order valence-corrected chi connectivity index (χ2v) is 7.11. The molecular formula is C21H24N4O2S. The number of methoxy groups -OCH3 is 1. The number of nitrogens with zero attached hydrogens (tertiary/aromatic N) is 3. The van der Waals surface area contributed by atoms with Crippen molar-refractivity contribution >= 4 is 23.4 Å². The van der Waals surface area contributed by atoms with Gasteiger partial charge in [-0.1, -0.05) is 30.8 Å². The van der Waals surface area contributed by atoms with Crippen LogP contribution in [0.2, 0.25) is 0 Å². The van der Waals surface area contributed by atoms with Gasteiger partial charge in [-0.15, -0.1) is 10.2 Å². The summed E-state index contributed by atoms with van der Waals surface area (Å²) in [6, 6.07) is 15.6. The average Bonchev–Trinajstić information content (AvgIpc) is 3.15. The van der Waals surface area contributed by atoms with Crippen molar-refractivity contribution in [1.29, 1.82) is 0 Å². The van der Waals surface area contributed by atoms with Gasteiger partial charge in [-0.05, 0) is 55.3 Å². The van der Waals surface area contributed by atoms with E-state index < -0.39 is 0 Å². The van der Waals surface area contributed by atoms with Crippen LogP contribution in [0.5, 0.6) is 5.75 Å². The number of benzene rings is 2. The van der Waals surface area contributed by atoms with Crippen LogP contribution in [0.3, 0.4) is 0 Å². The van der Waals surface area contributed by atoms with Crippen molar-refractivity contribution in [1.82, 2.24) is 14.8 Å². The summed E-state index contributed by atoms with van der Waals surface area (Å²) < 4.78 is 7.21. The summed E-state index contributed by atoms with van der Waals surface area (Å²) in [5.74, 6) is 1.79. The molecule has 28 heavy (non-hydrogen) atoms. The molecule has 0 fully saturated rings. The Labute approximate surface area is 169 Å². The molecule has 6 nitrogen and oxygen atoms in total. The van der Waals surface area contributed by atoms with Crippen LogP contribution in [0.1, 0.15) is 19.4 Å². The van der Waals surface area contributed by atoms with E-state index in [4.69, 9.17) is 4.74 Å². The van der Waals surface area contributed by atoms with Crippen molar-refractivity contribution in [2.75, 3.05) is 18.2 Å². The number of anilines is 1. The number of nitrogens with one attached hydrogen (secondary N) is 1. The maximum atomic E-state index is 12.3.